The van der Waals surface area contributed by atoms with Crippen LogP contribution in [0.5, 0.6) is 0 Å². The Morgan fingerprint density at radius 2 is 1.50 bits per heavy atom. The van der Waals surface area contributed by atoms with Gasteiger partial charge in [-0.1, -0.05) is 38.8 Å². The Morgan fingerprint density at radius 1 is 0.824 bits per heavy atom. The van der Waals surface area contributed by atoms with Crippen LogP contribution >= 0.6 is 0 Å². The van der Waals surface area contributed by atoms with Crippen molar-refractivity contribution >= 4 is 35.8 Å². The van der Waals surface area contributed by atoms with Crippen molar-refractivity contribution in [2.45, 2.75) is 52.4 Å². The van der Waals surface area contributed by atoms with Crippen LogP contribution in [-0.2, 0) is 47.7 Å². The Bertz CT molecular complexity index is 1010. The minimum Gasteiger partial charge on any atom is -0.462 e. The lowest BCUT2D eigenvalue weighted by Crippen LogP contribution is -2.32. The first-order valence-electron chi connectivity index (χ1n) is 11.3. The van der Waals surface area contributed by atoms with Gasteiger partial charge in [-0.3, -0.25) is 9.59 Å². The molecule has 34 heavy (non-hydrogen) atoms. The Morgan fingerprint density at radius 3 is 2.21 bits per heavy atom. The fraction of sp³-hybridized carbons (Fsp3) is 0.500. The highest BCUT2D eigenvalue weighted by Crippen LogP contribution is 2.39. The van der Waals surface area contributed by atoms with Gasteiger partial charge < -0.3 is 18.9 Å². The molecule has 0 radical (unpaired) electrons. The minimum absolute atomic E-state index is 0.0423. The van der Waals surface area contributed by atoms with Crippen molar-refractivity contribution in [2.24, 2.45) is 11.8 Å². The van der Waals surface area contributed by atoms with Gasteiger partial charge in [0.05, 0.1) is 29.1 Å². The molecular formula is C24H26O10. The summed E-state index contributed by atoms with van der Waals surface area (Å²) in [5.74, 6) is -7.23. The second-order valence-corrected chi connectivity index (χ2v) is 8.12. The normalized spacial score (nSPS) is 24.5. The van der Waals surface area contributed by atoms with Crippen LogP contribution in [0.15, 0.2) is 34.4 Å². The Labute approximate surface area is 195 Å². The van der Waals surface area contributed by atoms with Gasteiger partial charge in [-0.15, -0.1) is 0 Å². The molecule has 3 aliphatic rings. The zero-order valence-corrected chi connectivity index (χ0v) is 19.0. The van der Waals surface area contributed by atoms with E-state index in [1.807, 2.05) is 13.8 Å². The van der Waals surface area contributed by atoms with E-state index in [0.717, 1.165) is 6.42 Å². The summed E-state index contributed by atoms with van der Waals surface area (Å²) in [5.41, 5.74) is -0.375. The van der Waals surface area contributed by atoms with Gasteiger partial charge in [0.2, 0.25) is 0 Å². The third-order valence-electron chi connectivity index (χ3n) is 5.77. The zero-order chi connectivity index (χ0) is 24.8. The molecule has 0 aliphatic carbocycles. The summed E-state index contributed by atoms with van der Waals surface area (Å²) in [6.45, 7) is 3.22. The van der Waals surface area contributed by atoms with Gasteiger partial charge in [-0.05, 0) is 25.2 Å². The molecule has 3 heterocycles. The maximum Gasteiger partial charge on any atom is 0.346 e. The zero-order valence-electron chi connectivity index (χ0n) is 19.0. The van der Waals surface area contributed by atoms with Crippen LogP contribution in [0, 0.1) is 11.8 Å². The van der Waals surface area contributed by atoms with Gasteiger partial charge >= 0.3 is 35.8 Å². The van der Waals surface area contributed by atoms with E-state index in [4.69, 9.17) is 18.9 Å². The topological polar surface area (TPSA) is 139 Å². The molecule has 3 aliphatic heterocycles. The number of unbranched alkanes of at least 4 members (excludes halogenated alkanes) is 1. The molecule has 0 saturated heterocycles. The lowest BCUT2D eigenvalue weighted by Gasteiger charge is -2.26. The summed E-state index contributed by atoms with van der Waals surface area (Å²) in [6, 6.07) is 0. The number of rotatable bonds is 6. The van der Waals surface area contributed by atoms with Crippen molar-refractivity contribution < 1.29 is 47.7 Å². The quantitative estimate of drug-likeness (QED) is 0.319. The van der Waals surface area contributed by atoms with Crippen molar-refractivity contribution in [2.75, 3.05) is 13.2 Å². The maximum absolute atomic E-state index is 13.2. The van der Waals surface area contributed by atoms with E-state index in [9.17, 15) is 28.8 Å². The van der Waals surface area contributed by atoms with Crippen LogP contribution in [0.2, 0.25) is 0 Å². The maximum atomic E-state index is 13.2. The van der Waals surface area contributed by atoms with E-state index in [2.05, 4.69) is 0 Å². The molecule has 182 valence electrons. The number of carbonyl (C=O) groups is 6. The molecule has 0 aromatic carbocycles. The first-order valence-corrected chi connectivity index (χ1v) is 11.3. The van der Waals surface area contributed by atoms with Crippen LogP contribution in [0.3, 0.4) is 0 Å². The molecule has 0 aromatic rings. The van der Waals surface area contributed by atoms with E-state index in [0.29, 0.717) is 19.3 Å². The highest BCUT2D eigenvalue weighted by molar-refractivity contribution is 6.16. The monoisotopic (exact) mass is 474 g/mol. The van der Waals surface area contributed by atoms with Gasteiger partial charge in [0, 0.05) is 5.57 Å². The first-order chi connectivity index (χ1) is 16.3. The van der Waals surface area contributed by atoms with Gasteiger partial charge in [0.15, 0.2) is 0 Å². The molecule has 0 amide bonds. The van der Waals surface area contributed by atoms with E-state index in [1.165, 1.54) is 6.08 Å². The summed E-state index contributed by atoms with van der Waals surface area (Å²) in [6.07, 6.45) is 4.90. The van der Waals surface area contributed by atoms with Crippen LogP contribution in [0.25, 0.3) is 0 Å². The highest BCUT2D eigenvalue weighted by atomic mass is 16.6. The minimum atomic E-state index is -1.24. The van der Waals surface area contributed by atoms with Crippen LogP contribution in [0.1, 0.15) is 52.4 Å². The predicted octanol–water partition coefficient (Wildman–Crippen LogP) is 2.02. The molecule has 2 unspecified atom stereocenters. The number of allylic oxidation sites excluding steroid dienone is 1. The van der Waals surface area contributed by atoms with Gasteiger partial charge in [0.25, 0.3) is 0 Å². The number of carbonyl (C=O) groups excluding carboxylic acids is 6. The SMILES string of the molecule is CCC/C=C\C1=C(C2C(=O)OCCOC(=O)CC3=C(CC2CCC)C(=O)OC3=O)C(=O)OC1=O. The summed E-state index contributed by atoms with van der Waals surface area (Å²) in [7, 11) is 0. The summed E-state index contributed by atoms with van der Waals surface area (Å²) >= 11 is 0. The fourth-order valence-electron chi connectivity index (χ4n) is 4.22. The van der Waals surface area contributed by atoms with E-state index in [-0.39, 0.29) is 41.9 Å². The molecule has 0 bridgehead atoms. The standard InChI is InChI=1S/C24H26O10/c1-3-5-6-8-14-19(24(30)34-20(14)26)18-13(7-4-2)11-15-16(22(28)33-21(15)27)12-17(25)31-9-10-32-23(18)29/h6,8,13,18H,3-5,7,9-12H2,1-2H3/b8-6-. The van der Waals surface area contributed by atoms with E-state index < -0.39 is 54.1 Å². The van der Waals surface area contributed by atoms with Crippen molar-refractivity contribution in [1.82, 2.24) is 0 Å². The molecule has 0 aromatic heterocycles. The number of ether oxygens (including phenoxy) is 4. The van der Waals surface area contributed by atoms with Crippen molar-refractivity contribution in [3.63, 3.8) is 0 Å². The Balaban J connectivity index is 2.14. The van der Waals surface area contributed by atoms with Crippen molar-refractivity contribution in [3.8, 4) is 0 Å². The lowest BCUT2D eigenvalue weighted by molar-refractivity contribution is -0.157. The van der Waals surface area contributed by atoms with Gasteiger partial charge in [-0.2, -0.15) is 0 Å². The molecule has 0 spiro atoms. The molecule has 0 N–H and O–H groups in total. The molecular weight excluding hydrogens is 448 g/mol. The predicted molar refractivity (Wildman–Crippen MR) is 113 cm³/mol. The third kappa shape index (κ3) is 5.32. The largest absolute Gasteiger partial charge is 0.462 e. The summed E-state index contributed by atoms with van der Waals surface area (Å²) in [4.78, 5) is 75.0. The number of hydrogen-bond acceptors (Lipinski definition) is 10. The molecule has 0 fully saturated rings. The van der Waals surface area contributed by atoms with E-state index in [1.54, 1.807) is 6.08 Å². The molecule has 2 atom stereocenters. The van der Waals surface area contributed by atoms with Crippen molar-refractivity contribution in [3.05, 3.63) is 34.4 Å². The van der Waals surface area contributed by atoms with Gasteiger partial charge in [0.1, 0.15) is 13.2 Å². The third-order valence-corrected chi connectivity index (χ3v) is 5.77. The highest BCUT2D eigenvalue weighted by Gasteiger charge is 2.46. The van der Waals surface area contributed by atoms with Gasteiger partial charge in [-0.25, -0.2) is 19.2 Å². The number of cyclic esters (lactones) is 6. The Hall–Kier alpha value is -3.56. The van der Waals surface area contributed by atoms with Crippen LogP contribution < -0.4 is 0 Å². The van der Waals surface area contributed by atoms with Crippen LogP contribution in [0.4, 0.5) is 0 Å². The second kappa shape index (κ2) is 11.0. The number of esters is 6. The average Bonchev–Trinajstić information content (AvgIpc) is 3.20. The van der Waals surface area contributed by atoms with Crippen molar-refractivity contribution in [1.29, 1.82) is 0 Å². The molecule has 3 rings (SSSR count). The molecule has 10 heteroatoms. The Kier molecular flexibility index (Phi) is 8.14. The van der Waals surface area contributed by atoms with Crippen LogP contribution in [-0.4, -0.2) is 49.0 Å². The summed E-state index contributed by atoms with van der Waals surface area (Å²) in [5, 5.41) is 0. The second-order valence-electron chi connectivity index (χ2n) is 8.12. The average molecular weight is 474 g/mol. The molecule has 0 saturated carbocycles. The first kappa shape index (κ1) is 25.1. The smallest absolute Gasteiger partial charge is 0.346 e. The lowest BCUT2D eigenvalue weighted by atomic mass is 9.77. The molecule has 10 nitrogen and oxygen atoms in total. The number of hydrogen-bond donors (Lipinski definition) is 0. The fourth-order valence-corrected chi connectivity index (χ4v) is 4.22. The summed E-state index contributed by atoms with van der Waals surface area (Å²) < 4.78 is 19.8. The van der Waals surface area contributed by atoms with E-state index >= 15 is 0 Å².